The third-order valence-electron chi connectivity index (χ3n) is 2.64. The lowest BCUT2D eigenvalue weighted by atomic mass is 10.1. The molecule has 0 amide bonds. The number of ether oxygens (including phenoxy) is 1. The first-order valence-electron chi connectivity index (χ1n) is 4.54. The average Bonchev–Trinajstić information content (AvgIpc) is 2.47. The minimum Gasteiger partial charge on any atom is -0.496 e. The van der Waals surface area contributed by atoms with Crippen molar-refractivity contribution >= 4 is 17.4 Å². The zero-order valence-electron chi connectivity index (χ0n) is 8.13. The van der Waals surface area contributed by atoms with Crippen molar-refractivity contribution in [3.63, 3.8) is 0 Å². The van der Waals surface area contributed by atoms with Crippen LogP contribution in [0.1, 0.15) is 22.8 Å². The van der Waals surface area contributed by atoms with Crippen molar-refractivity contribution in [1.82, 2.24) is 0 Å². The fourth-order valence-corrected chi connectivity index (χ4v) is 2.12. The Morgan fingerprint density at radius 3 is 2.86 bits per heavy atom. The summed E-state index contributed by atoms with van der Waals surface area (Å²) in [6.07, 6.45) is 0.726. The number of fused-ring (bicyclic) bond motifs is 1. The van der Waals surface area contributed by atoms with Crippen molar-refractivity contribution in [2.75, 3.05) is 7.11 Å². The molecule has 2 nitrogen and oxygen atoms in total. The van der Waals surface area contributed by atoms with E-state index in [2.05, 4.69) is 0 Å². The molecule has 0 spiro atoms. The van der Waals surface area contributed by atoms with E-state index in [1.54, 1.807) is 19.2 Å². The molecule has 1 unspecified atom stereocenters. The maximum Gasteiger partial charge on any atom is 0.170 e. The third kappa shape index (κ3) is 1.22. The Balaban J connectivity index is 2.65. The summed E-state index contributed by atoms with van der Waals surface area (Å²) in [6, 6.07) is 3.53. The van der Waals surface area contributed by atoms with Crippen molar-refractivity contribution in [2.24, 2.45) is 5.92 Å². The Labute approximate surface area is 87.8 Å². The molecule has 2 rings (SSSR count). The largest absolute Gasteiger partial charge is 0.496 e. The second-order valence-corrected chi connectivity index (χ2v) is 3.98. The summed E-state index contributed by atoms with van der Waals surface area (Å²) in [5, 5.41) is 0.665. The zero-order chi connectivity index (χ0) is 10.3. The van der Waals surface area contributed by atoms with Crippen molar-refractivity contribution in [3.8, 4) is 5.75 Å². The molecule has 1 atom stereocenters. The molecule has 1 aromatic carbocycles. The lowest BCUT2D eigenvalue weighted by Gasteiger charge is -2.06. The number of halogens is 1. The summed E-state index contributed by atoms with van der Waals surface area (Å²) in [5.74, 6) is 0.803. The molecular formula is C11H11ClO2. The number of hydrogen-bond donors (Lipinski definition) is 0. The van der Waals surface area contributed by atoms with Gasteiger partial charge in [0.1, 0.15) is 5.75 Å². The first kappa shape index (κ1) is 9.53. The monoisotopic (exact) mass is 210 g/mol. The van der Waals surface area contributed by atoms with Crippen LogP contribution in [0.5, 0.6) is 5.75 Å². The lowest BCUT2D eigenvalue weighted by Crippen LogP contribution is -2.04. The summed E-state index contributed by atoms with van der Waals surface area (Å²) in [4.78, 5) is 11.8. The van der Waals surface area contributed by atoms with Crippen LogP contribution in [0.4, 0.5) is 0 Å². The molecule has 14 heavy (non-hydrogen) atoms. The van der Waals surface area contributed by atoms with E-state index in [4.69, 9.17) is 16.3 Å². The summed E-state index contributed by atoms with van der Waals surface area (Å²) in [6.45, 7) is 1.91. The number of ketones is 1. The Morgan fingerprint density at radius 1 is 1.50 bits per heavy atom. The number of benzene rings is 1. The molecule has 0 heterocycles. The summed E-state index contributed by atoms with van der Waals surface area (Å²) >= 11 is 6.02. The quantitative estimate of drug-likeness (QED) is 0.713. The van der Waals surface area contributed by atoms with Gasteiger partial charge in [0.25, 0.3) is 0 Å². The van der Waals surface area contributed by atoms with Crippen LogP contribution in [0.25, 0.3) is 0 Å². The van der Waals surface area contributed by atoms with Crippen LogP contribution in [0.2, 0.25) is 5.02 Å². The molecule has 0 N–H and O–H groups in total. The molecule has 0 radical (unpaired) electrons. The van der Waals surface area contributed by atoms with E-state index in [-0.39, 0.29) is 11.7 Å². The predicted octanol–water partition coefficient (Wildman–Crippen LogP) is 2.72. The van der Waals surface area contributed by atoms with E-state index in [1.165, 1.54) is 0 Å². The van der Waals surface area contributed by atoms with Gasteiger partial charge in [0, 0.05) is 10.9 Å². The molecule has 1 aliphatic rings. The van der Waals surface area contributed by atoms with Crippen LogP contribution >= 0.6 is 11.6 Å². The van der Waals surface area contributed by atoms with E-state index in [9.17, 15) is 4.79 Å². The van der Waals surface area contributed by atoms with Gasteiger partial charge in [0.2, 0.25) is 0 Å². The van der Waals surface area contributed by atoms with Crippen molar-refractivity contribution < 1.29 is 9.53 Å². The van der Waals surface area contributed by atoms with Gasteiger partial charge in [-0.3, -0.25) is 4.79 Å². The van der Waals surface area contributed by atoms with Crippen LogP contribution in [-0.2, 0) is 6.42 Å². The van der Waals surface area contributed by atoms with Crippen LogP contribution < -0.4 is 4.74 Å². The first-order valence-corrected chi connectivity index (χ1v) is 4.92. The minimum absolute atomic E-state index is 0.0267. The van der Waals surface area contributed by atoms with Gasteiger partial charge in [0.15, 0.2) is 5.78 Å². The molecule has 0 bridgehead atoms. The zero-order valence-corrected chi connectivity index (χ0v) is 8.89. The third-order valence-corrected chi connectivity index (χ3v) is 3.00. The number of methoxy groups -OCH3 is 1. The van der Waals surface area contributed by atoms with Gasteiger partial charge in [-0.15, -0.1) is 0 Å². The lowest BCUT2D eigenvalue weighted by molar-refractivity contribution is 0.0944. The van der Waals surface area contributed by atoms with Gasteiger partial charge in [-0.25, -0.2) is 0 Å². The van der Waals surface area contributed by atoms with E-state index in [0.717, 1.165) is 12.0 Å². The first-order chi connectivity index (χ1) is 6.65. The molecular weight excluding hydrogens is 200 g/mol. The van der Waals surface area contributed by atoms with E-state index >= 15 is 0 Å². The highest BCUT2D eigenvalue weighted by molar-refractivity contribution is 6.32. The Kier molecular flexibility index (Phi) is 2.23. The normalized spacial score (nSPS) is 19.6. The van der Waals surface area contributed by atoms with Gasteiger partial charge >= 0.3 is 0 Å². The van der Waals surface area contributed by atoms with Gasteiger partial charge in [-0.1, -0.05) is 18.5 Å². The summed E-state index contributed by atoms with van der Waals surface area (Å²) < 4.78 is 5.15. The van der Waals surface area contributed by atoms with Gasteiger partial charge in [-0.2, -0.15) is 0 Å². The molecule has 0 fully saturated rings. The standard InChI is InChI=1S/C11H11ClO2/c1-6-5-7-8(12)3-4-9(14-2)10(7)11(6)13/h3-4,6H,5H2,1-2H3. The molecule has 0 saturated heterocycles. The fourth-order valence-electron chi connectivity index (χ4n) is 1.89. The predicted molar refractivity (Wildman–Crippen MR) is 55.2 cm³/mol. The fraction of sp³-hybridized carbons (Fsp3) is 0.364. The van der Waals surface area contributed by atoms with Crippen LogP contribution in [0, 0.1) is 5.92 Å². The van der Waals surface area contributed by atoms with E-state index < -0.39 is 0 Å². The maximum absolute atomic E-state index is 11.8. The Morgan fingerprint density at radius 2 is 2.21 bits per heavy atom. The smallest absolute Gasteiger partial charge is 0.170 e. The second kappa shape index (κ2) is 3.28. The highest BCUT2D eigenvalue weighted by Crippen LogP contribution is 2.37. The average molecular weight is 211 g/mol. The number of rotatable bonds is 1. The number of carbonyl (C=O) groups excluding carboxylic acids is 1. The molecule has 0 aliphatic heterocycles. The Hall–Kier alpha value is -1.02. The topological polar surface area (TPSA) is 26.3 Å². The number of hydrogen-bond acceptors (Lipinski definition) is 2. The van der Waals surface area contributed by atoms with Crippen molar-refractivity contribution in [3.05, 3.63) is 28.3 Å². The van der Waals surface area contributed by atoms with Crippen LogP contribution in [0.3, 0.4) is 0 Å². The highest BCUT2D eigenvalue weighted by Gasteiger charge is 2.31. The number of carbonyl (C=O) groups is 1. The molecule has 1 aromatic rings. The molecule has 0 aromatic heterocycles. The van der Waals surface area contributed by atoms with Gasteiger partial charge in [0.05, 0.1) is 12.7 Å². The van der Waals surface area contributed by atoms with Gasteiger partial charge < -0.3 is 4.74 Å². The van der Waals surface area contributed by atoms with E-state index in [0.29, 0.717) is 16.3 Å². The van der Waals surface area contributed by atoms with Crippen LogP contribution in [0.15, 0.2) is 12.1 Å². The molecule has 74 valence electrons. The summed E-state index contributed by atoms with van der Waals surface area (Å²) in [7, 11) is 1.57. The molecule has 3 heteroatoms. The summed E-state index contributed by atoms with van der Waals surface area (Å²) in [5.41, 5.74) is 1.61. The van der Waals surface area contributed by atoms with Gasteiger partial charge in [-0.05, 0) is 24.1 Å². The SMILES string of the molecule is COc1ccc(Cl)c2c1C(=O)C(C)C2. The minimum atomic E-state index is 0.0267. The molecule has 0 saturated carbocycles. The van der Waals surface area contributed by atoms with Crippen molar-refractivity contribution in [1.29, 1.82) is 0 Å². The van der Waals surface area contributed by atoms with Crippen molar-refractivity contribution in [2.45, 2.75) is 13.3 Å². The Bertz CT molecular complexity index is 399. The molecule has 1 aliphatic carbocycles. The highest BCUT2D eigenvalue weighted by atomic mass is 35.5. The maximum atomic E-state index is 11.8. The van der Waals surface area contributed by atoms with Crippen LogP contribution in [-0.4, -0.2) is 12.9 Å². The second-order valence-electron chi connectivity index (χ2n) is 3.57. The number of Topliss-reactive ketones (excluding diaryl/α,β-unsaturated/α-hetero) is 1. The van der Waals surface area contributed by atoms with E-state index in [1.807, 2.05) is 6.92 Å².